The molecule has 1 rings (SSSR count). The van der Waals surface area contributed by atoms with Crippen LogP contribution in [0.4, 0.5) is 0 Å². The predicted molar refractivity (Wildman–Crippen MR) is 65.3 cm³/mol. The van der Waals surface area contributed by atoms with Gasteiger partial charge in [0.05, 0.1) is 17.9 Å². The molecule has 0 saturated heterocycles. The topological polar surface area (TPSA) is 45.4 Å². The van der Waals surface area contributed by atoms with Crippen LogP contribution in [0.25, 0.3) is 0 Å². The molecule has 3 heteroatoms. The fourth-order valence-corrected chi connectivity index (χ4v) is 1.91. The first kappa shape index (κ1) is 13.3. The summed E-state index contributed by atoms with van der Waals surface area (Å²) < 4.78 is 5.37. The molecule has 0 fully saturated rings. The van der Waals surface area contributed by atoms with Gasteiger partial charge in [-0.2, -0.15) is 0 Å². The first-order valence-electron chi connectivity index (χ1n) is 6.08. The molecule has 92 valence electrons. The van der Waals surface area contributed by atoms with Crippen molar-refractivity contribution in [3.63, 3.8) is 0 Å². The number of hydrogen-bond acceptors (Lipinski definition) is 3. The van der Waals surface area contributed by atoms with Crippen LogP contribution in [-0.2, 0) is 0 Å². The molecule has 1 heterocycles. The zero-order chi connectivity index (χ0) is 12.0. The first-order valence-corrected chi connectivity index (χ1v) is 6.08. The summed E-state index contributed by atoms with van der Waals surface area (Å²) in [6.45, 7) is 6.66. The highest BCUT2D eigenvalue weighted by atomic mass is 16.3. The summed E-state index contributed by atoms with van der Waals surface area (Å²) in [6, 6.07) is 4.05. The van der Waals surface area contributed by atoms with E-state index in [-0.39, 0.29) is 6.04 Å². The highest BCUT2D eigenvalue weighted by Crippen LogP contribution is 2.18. The molecule has 16 heavy (non-hydrogen) atoms. The van der Waals surface area contributed by atoms with E-state index in [9.17, 15) is 5.11 Å². The molecule has 0 amide bonds. The maximum absolute atomic E-state index is 10.1. The molecular formula is C13H23NO2. The summed E-state index contributed by atoms with van der Waals surface area (Å²) in [5.74, 6) is 0.940. The molecule has 0 saturated carbocycles. The van der Waals surface area contributed by atoms with Crippen LogP contribution in [0.1, 0.15) is 51.8 Å². The molecule has 2 atom stereocenters. The fraction of sp³-hybridized carbons (Fsp3) is 0.692. The molecule has 2 N–H and O–H groups in total. The van der Waals surface area contributed by atoms with Gasteiger partial charge < -0.3 is 14.8 Å². The molecule has 0 radical (unpaired) electrons. The van der Waals surface area contributed by atoms with E-state index in [4.69, 9.17) is 4.42 Å². The third kappa shape index (κ3) is 3.99. The van der Waals surface area contributed by atoms with Crippen molar-refractivity contribution in [2.75, 3.05) is 6.54 Å². The average molecular weight is 225 g/mol. The van der Waals surface area contributed by atoms with Gasteiger partial charge in [-0.15, -0.1) is 0 Å². The molecule has 2 unspecified atom stereocenters. The lowest BCUT2D eigenvalue weighted by molar-refractivity contribution is 0.0462. The average Bonchev–Trinajstić information content (AvgIpc) is 2.72. The van der Waals surface area contributed by atoms with Crippen LogP contribution in [0.3, 0.4) is 0 Å². The Balaban J connectivity index is 2.46. The van der Waals surface area contributed by atoms with E-state index in [1.54, 1.807) is 6.26 Å². The molecule has 1 aromatic heterocycles. The van der Waals surface area contributed by atoms with Gasteiger partial charge in [-0.1, -0.05) is 20.3 Å². The fourth-order valence-electron chi connectivity index (χ4n) is 1.91. The summed E-state index contributed by atoms with van der Waals surface area (Å²) in [7, 11) is 0. The minimum Gasteiger partial charge on any atom is -0.468 e. The summed E-state index contributed by atoms with van der Waals surface area (Å²) in [4.78, 5) is 0. The van der Waals surface area contributed by atoms with E-state index in [2.05, 4.69) is 19.2 Å². The Hall–Kier alpha value is -0.800. The quantitative estimate of drug-likeness (QED) is 0.750. The Morgan fingerprint density at radius 3 is 2.75 bits per heavy atom. The Morgan fingerprint density at radius 1 is 1.50 bits per heavy atom. The summed E-state index contributed by atoms with van der Waals surface area (Å²) in [6.07, 6.45) is 4.44. The van der Waals surface area contributed by atoms with Crippen molar-refractivity contribution in [1.29, 1.82) is 0 Å². The van der Waals surface area contributed by atoms with Gasteiger partial charge in [-0.25, -0.2) is 0 Å². The SMILES string of the molecule is CCCC(C)(O)CNC(CC)c1ccco1. The Bertz CT molecular complexity index is 280. The Labute approximate surface area is 97.9 Å². The van der Waals surface area contributed by atoms with E-state index in [0.717, 1.165) is 25.0 Å². The molecule has 0 bridgehead atoms. The normalized spacial score (nSPS) is 17.0. The zero-order valence-electron chi connectivity index (χ0n) is 10.5. The van der Waals surface area contributed by atoms with Crippen molar-refractivity contribution in [1.82, 2.24) is 5.32 Å². The van der Waals surface area contributed by atoms with E-state index >= 15 is 0 Å². The summed E-state index contributed by atoms with van der Waals surface area (Å²) >= 11 is 0. The van der Waals surface area contributed by atoms with Gasteiger partial charge in [0.25, 0.3) is 0 Å². The van der Waals surface area contributed by atoms with Crippen molar-refractivity contribution >= 4 is 0 Å². The van der Waals surface area contributed by atoms with Gasteiger partial charge in [0.1, 0.15) is 5.76 Å². The summed E-state index contributed by atoms with van der Waals surface area (Å²) in [5, 5.41) is 13.4. The maximum Gasteiger partial charge on any atom is 0.120 e. The van der Waals surface area contributed by atoms with Crippen LogP contribution >= 0.6 is 0 Å². The lowest BCUT2D eigenvalue weighted by Crippen LogP contribution is -2.39. The van der Waals surface area contributed by atoms with Crippen molar-refractivity contribution < 1.29 is 9.52 Å². The highest BCUT2D eigenvalue weighted by Gasteiger charge is 2.21. The van der Waals surface area contributed by atoms with Crippen molar-refractivity contribution in [2.24, 2.45) is 0 Å². The molecule has 0 aliphatic rings. The minimum absolute atomic E-state index is 0.193. The lowest BCUT2D eigenvalue weighted by atomic mass is 10.00. The first-order chi connectivity index (χ1) is 7.59. The zero-order valence-corrected chi connectivity index (χ0v) is 10.5. The number of hydrogen-bond donors (Lipinski definition) is 2. The Kier molecular flexibility index (Phi) is 5.03. The van der Waals surface area contributed by atoms with Crippen molar-refractivity contribution in [3.8, 4) is 0 Å². The maximum atomic E-state index is 10.1. The van der Waals surface area contributed by atoms with Crippen LogP contribution in [0, 0.1) is 0 Å². The third-order valence-electron chi connectivity index (χ3n) is 2.81. The standard InChI is InChI=1S/C13H23NO2/c1-4-8-13(3,15)10-14-11(5-2)12-7-6-9-16-12/h6-7,9,11,14-15H,4-5,8,10H2,1-3H3. The highest BCUT2D eigenvalue weighted by molar-refractivity contribution is 5.04. The van der Waals surface area contributed by atoms with Crippen molar-refractivity contribution in [3.05, 3.63) is 24.2 Å². The van der Waals surface area contributed by atoms with Crippen LogP contribution in [0.2, 0.25) is 0 Å². The van der Waals surface area contributed by atoms with E-state index < -0.39 is 5.60 Å². The third-order valence-corrected chi connectivity index (χ3v) is 2.81. The van der Waals surface area contributed by atoms with Crippen LogP contribution in [0.5, 0.6) is 0 Å². The second-order valence-electron chi connectivity index (χ2n) is 4.60. The van der Waals surface area contributed by atoms with Gasteiger partial charge in [0, 0.05) is 6.54 Å². The molecule has 0 aliphatic heterocycles. The van der Waals surface area contributed by atoms with E-state index in [1.165, 1.54) is 0 Å². The van der Waals surface area contributed by atoms with Gasteiger partial charge in [-0.3, -0.25) is 0 Å². The molecule has 0 spiro atoms. The van der Waals surface area contributed by atoms with Gasteiger partial charge in [-0.05, 0) is 31.9 Å². The summed E-state index contributed by atoms with van der Waals surface area (Å²) in [5.41, 5.74) is -0.630. The van der Waals surface area contributed by atoms with E-state index in [1.807, 2.05) is 19.1 Å². The number of furan rings is 1. The molecule has 1 aromatic rings. The number of nitrogens with one attached hydrogen (secondary N) is 1. The predicted octanol–water partition coefficient (Wildman–Crippen LogP) is 2.87. The largest absolute Gasteiger partial charge is 0.468 e. The number of aliphatic hydroxyl groups is 1. The van der Waals surface area contributed by atoms with Gasteiger partial charge >= 0.3 is 0 Å². The smallest absolute Gasteiger partial charge is 0.120 e. The van der Waals surface area contributed by atoms with Gasteiger partial charge in [0.2, 0.25) is 0 Å². The van der Waals surface area contributed by atoms with Crippen LogP contribution in [-0.4, -0.2) is 17.3 Å². The van der Waals surface area contributed by atoms with Crippen molar-refractivity contribution in [2.45, 2.75) is 51.7 Å². The van der Waals surface area contributed by atoms with Crippen LogP contribution in [0.15, 0.2) is 22.8 Å². The molecule has 3 nitrogen and oxygen atoms in total. The monoisotopic (exact) mass is 225 g/mol. The van der Waals surface area contributed by atoms with Gasteiger partial charge in [0.15, 0.2) is 0 Å². The minimum atomic E-state index is -0.630. The van der Waals surface area contributed by atoms with E-state index in [0.29, 0.717) is 6.54 Å². The number of rotatable bonds is 7. The lowest BCUT2D eigenvalue weighted by Gasteiger charge is -2.25. The molecule has 0 aliphatic carbocycles. The second kappa shape index (κ2) is 6.06. The molecule has 0 aromatic carbocycles. The molecular weight excluding hydrogens is 202 g/mol. The second-order valence-corrected chi connectivity index (χ2v) is 4.60. The Morgan fingerprint density at radius 2 is 2.25 bits per heavy atom. The van der Waals surface area contributed by atoms with Crippen LogP contribution < -0.4 is 5.32 Å².